The summed E-state index contributed by atoms with van der Waals surface area (Å²) < 4.78 is 20.9. The van der Waals surface area contributed by atoms with Crippen molar-refractivity contribution in [3.63, 3.8) is 0 Å². The number of ether oxygens (including phenoxy) is 1. The van der Waals surface area contributed by atoms with E-state index in [-0.39, 0.29) is 11.6 Å². The monoisotopic (exact) mass is 301 g/mol. The Bertz CT molecular complexity index is 782. The number of aryl methyl sites for hydroxylation is 1. The highest BCUT2D eigenvalue weighted by Gasteiger charge is 2.13. The Kier molecular flexibility index (Phi) is 3.90. The van der Waals surface area contributed by atoms with Crippen molar-refractivity contribution in [1.82, 2.24) is 0 Å². The molecular formula is C17H16FNOS. The van der Waals surface area contributed by atoms with E-state index in [0.717, 1.165) is 15.8 Å². The summed E-state index contributed by atoms with van der Waals surface area (Å²) in [6, 6.07) is 13.3. The molecule has 3 rings (SSSR count). The largest absolute Gasteiger partial charge is 0.486 e. The number of hydrogen-bond acceptors (Lipinski definition) is 3. The molecule has 0 bridgehead atoms. The first-order chi connectivity index (χ1) is 10.2. The molecule has 2 aromatic carbocycles. The van der Waals surface area contributed by atoms with E-state index >= 15 is 0 Å². The van der Waals surface area contributed by atoms with E-state index in [9.17, 15) is 4.39 Å². The van der Waals surface area contributed by atoms with E-state index in [1.54, 1.807) is 36.5 Å². The molecule has 0 amide bonds. The molecule has 1 aromatic heterocycles. The molecule has 0 fully saturated rings. The molecule has 3 aromatic rings. The average Bonchev–Trinajstić information content (AvgIpc) is 2.86. The van der Waals surface area contributed by atoms with Crippen LogP contribution in [-0.4, -0.2) is 0 Å². The number of thiophene rings is 1. The van der Waals surface area contributed by atoms with Crippen molar-refractivity contribution in [3.05, 3.63) is 64.3 Å². The number of nitrogens with two attached hydrogens (primary N) is 1. The average molecular weight is 301 g/mol. The van der Waals surface area contributed by atoms with Crippen molar-refractivity contribution in [2.75, 3.05) is 0 Å². The maximum atomic E-state index is 14.0. The minimum absolute atomic E-state index is 0.285. The fourth-order valence-electron chi connectivity index (χ4n) is 2.35. The second-order valence-electron chi connectivity index (χ2n) is 4.88. The second kappa shape index (κ2) is 5.84. The predicted molar refractivity (Wildman–Crippen MR) is 85.2 cm³/mol. The number of halogens is 1. The second-order valence-corrected chi connectivity index (χ2v) is 6.02. The molecule has 0 saturated heterocycles. The van der Waals surface area contributed by atoms with Crippen LogP contribution >= 0.6 is 11.3 Å². The fraction of sp³-hybridized carbons (Fsp3) is 0.176. The van der Waals surface area contributed by atoms with Crippen molar-refractivity contribution in [2.24, 2.45) is 5.73 Å². The van der Waals surface area contributed by atoms with Gasteiger partial charge in [0.2, 0.25) is 0 Å². The van der Waals surface area contributed by atoms with Crippen molar-refractivity contribution in [1.29, 1.82) is 0 Å². The third-order valence-electron chi connectivity index (χ3n) is 3.50. The van der Waals surface area contributed by atoms with Crippen molar-refractivity contribution in [3.8, 4) is 5.75 Å². The zero-order chi connectivity index (χ0) is 14.8. The lowest BCUT2D eigenvalue weighted by Crippen LogP contribution is -2.03. The van der Waals surface area contributed by atoms with E-state index in [0.29, 0.717) is 18.7 Å². The minimum Gasteiger partial charge on any atom is -0.486 e. The number of hydrogen-bond donors (Lipinski definition) is 1. The van der Waals surface area contributed by atoms with Crippen LogP contribution in [0.4, 0.5) is 4.39 Å². The summed E-state index contributed by atoms with van der Waals surface area (Å²) >= 11 is 1.67. The molecule has 4 heteroatoms. The maximum absolute atomic E-state index is 14.0. The Morgan fingerprint density at radius 1 is 1.14 bits per heavy atom. The lowest BCUT2D eigenvalue weighted by atomic mass is 10.1. The van der Waals surface area contributed by atoms with Crippen LogP contribution < -0.4 is 10.5 Å². The molecule has 0 aliphatic rings. The molecule has 1 heterocycles. The van der Waals surface area contributed by atoms with Gasteiger partial charge in [-0.1, -0.05) is 30.3 Å². The van der Waals surface area contributed by atoms with Gasteiger partial charge in [0.15, 0.2) is 11.6 Å². The third kappa shape index (κ3) is 2.64. The molecule has 0 saturated carbocycles. The van der Waals surface area contributed by atoms with Crippen LogP contribution in [0.5, 0.6) is 5.75 Å². The lowest BCUT2D eigenvalue weighted by Gasteiger charge is -2.09. The van der Waals surface area contributed by atoms with Crippen LogP contribution in [0, 0.1) is 12.7 Å². The van der Waals surface area contributed by atoms with Gasteiger partial charge in [-0.05, 0) is 30.0 Å². The van der Waals surface area contributed by atoms with E-state index in [1.807, 2.05) is 12.1 Å². The first kappa shape index (κ1) is 14.0. The molecule has 108 valence electrons. The molecule has 0 spiro atoms. The highest BCUT2D eigenvalue weighted by molar-refractivity contribution is 7.19. The van der Waals surface area contributed by atoms with Gasteiger partial charge in [-0.2, -0.15) is 0 Å². The van der Waals surface area contributed by atoms with Crippen molar-refractivity contribution >= 4 is 21.4 Å². The van der Waals surface area contributed by atoms with Gasteiger partial charge in [0.25, 0.3) is 0 Å². The van der Waals surface area contributed by atoms with Gasteiger partial charge in [0, 0.05) is 21.7 Å². The molecule has 0 aliphatic carbocycles. The van der Waals surface area contributed by atoms with E-state index in [4.69, 9.17) is 10.5 Å². The summed E-state index contributed by atoms with van der Waals surface area (Å²) in [5.41, 5.74) is 7.46. The first-order valence-corrected chi connectivity index (χ1v) is 7.59. The number of benzene rings is 2. The van der Waals surface area contributed by atoms with Crippen LogP contribution in [0.1, 0.15) is 16.0 Å². The van der Waals surface area contributed by atoms with Crippen LogP contribution in [0.3, 0.4) is 0 Å². The Morgan fingerprint density at radius 3 is 2.76 bits per heavy atom. The summed E-state index contributed by atoms with van der Waals surface area (Å²) in [6.07, 6.45) is 0. The number of fused-ring (bicyclic) bond motifs is 1. The fourth-order valence-corrected chi connectivity index (χ4v) is 3.44. The van der Waals surface area contributed by atoms with Gasteiger partial charge in [0.05, 0.1) is 0 Å². The van der Waals surface area contributed by atoms with Crippen LogP contribution in [0.2, 0.25) is 0 Å². The zero-order valence-corrected chi connectivity index (χ0v) is 12.5. The van der Waals surface area contributed by atoms with E-state index < -0.39 is 0 Å². The molecule has 2 N–H and O–H groups in total. The Morgan fingerprint density at radius 2 is 1.95 bits per heavy atom. The highest BCUT2D eigenvalue weighted by atomic mass is 32.1. The van der Waals surface area contributed by atoms with Crippen LogP contribution in [-0.2, 0) is 13.2 Å². The molecule has 0 atom stereocenters. The zero-order valence-electron chi connectivity index (χ0n) is 11.7. The van der Waals surface area contributed by atoms with E-state index in [1.165, 1.54) is 4.70 Å². The summed E-state index contributed by atoms with van der Waals surface area (Å²) in [6.45, 7) is 2.53. The maximum Gasteiger partial charge on any atom is 0.167 e. The molecule has 0 unspecified atom stereocenters. The van der Waals surface area contributed by atoms with Gasteiger partial charge in [-0.3, -0.25) is 0 Å². The van der Waals surface area contributed by atoms with Crippen molar-refractivity contribution in [2.45, 2.75) is 20.1 Å². The highest BCUT2D eigenvalue weighted by Crippen LogP contribution is 2.32. The third-order valence-corrected chi connectivity index (χ3v) is 4.73. The van der Waals surface area contributed by atoms with Gasteiger partial charge in [-0.15, -0.1) is 11.3 Å². The van der Waals surface area contributed by atoms with Gasteiger partial charge in [-0.25, -0.2) is 4.39 Å². The van der Waals surface area contributed by atoms with Gasteiger partial charge < -0.3 is 10.5 Å². The van der Waals surface area contributed by atoms with Crippen LogP contribution in [0.25, 0.3) is 10.1 Å². The number of rotatable bonds is 4. The molecular weight excluding hydrogens is 285 g/mol. The summed E-state index contributed by atoms with van der Waals surface area (Å²) in [5.74, 6) is -0.0143. The quantitative estimate of drug-likeness (QED) is 0.776. The Balaban J connectivity index is 1.93. The van der Waals surface area contributed by atoms with Gasteiger partial charge >= 0.3 is 0 Å². The Hall–Kier alpha value is -1.91. The predicted octanol–water partition coefficient (Wildman–Crippen LogP) is 4.39. The molecule has 2 nitrogen and oxygen atoms in total. The lowest BCUT2D eigenvalue weighted by molar-refractivity contribution is 0.290. The van der Waals surface area contributed by atoms with E-state index in [2.05, 4.69) is 12.1 Å². The standard InChI is InChI=1S/C17H16FNOS/c1-11-5-4-7-14(17(11)18)20-10-13-12-6-2-3-8-15(12)21-16(13)9-19/h2-8H,9-10,19H2,1H3. The molecule has 0 aliphatic heterocycles. The smallest absolute Gasteiger partial charge is 0.167 e. The molecule has 21 heavy (non-hydrogen) atoms. The first-order valence-electron chi connectivity index (χ1n) is 6.78. The van der Waals surface area contributed by atoms with Crippen molar-refractivity contribution < 1.29 is 9.13 Å². The topological polar surface area (TPSA) is 35.2 Å². The Labute approximate surface area is 127 Å². The molecule has 0 radical (unpaired) electrons. The van der Waals surface area contributed by atoms with Gasteiger partial charge in [0.1, 0.15) is 6.61 Å². The SMILES string of the molecule is Cc1cccc(OCc2c(CN)sc3ccccc23)c1F. The summed E-state index contributed by atoms with van der Waals surface area (Å²) in [5, 5.41) is 1.14. The van der Waals surface area contributed by atoms with Crippen LogP contribution in [0.15, 0.2) is 42.5 Å². The minimum atomic E-state index is -0.300. The normalized spacial score (nSPS) is 11.0. The summed E-state index contributed by atoms with van der Waals surface area (Å²) in [4.78, 5) is 1.09. The summed E-state index contributed by atoms with van der Waals surface area (Å²) in [7, 11) is 0.